The monoisotopic (exact) mass is 912 g/mol. The summed E-state index contributed by atoms with van der Waals surface area (Å²) in [6, 6.07) is 76.7. The number of nitrogens with zero attached hydrogens (tertiary/aromatic N) is 4. The number of hydrogen-bond acceptors (Lipinski definition) is 6. The van der Waals surface area contributed by atoms with E-state index in [-0.39, 0.29) is 0 Å². The Morgan fingerprint density at radius 2 is 0.929 bits per heavy atom. The van der Waals surface area contributed by atoms with E-state index in [1.54, 1.807) is 0 Å². The summed E-state index contributed by atoms with van der Waals surface area (Å²) in [5.41, 5.74) is 13.7. The van der Waals surface area contributed by atoms with Crippen LogP contribution in [0.5, 0.6) is 0 Å². The summed E-state index contributed by atoms with van der Waals surface area (Å²) in [5.74, 6) is 1.68. The lowest BCUT2D eigenvalue weighted by Gasteiger charge is -2.12. The largest absolute Gasteiger partial charge is 0.456 e. The van der Waals surface area contributed by atoms with Crippen molar-refractivity contribution in [3.8, 4) is 62.1 Å². The molecule has 326 valence electrons. The fourth-order valence-corrected chi connectivity index (χ4v) is 11.9. The quantitative estimate of drug-likeness (QED) is 0.166. The van der Waals surface area contributed by atoms with Gasteiger partial charge in [0.1, 0.15) is 22.3 Å². The molecule has 0 N–H and O–H groups in total. The summed E-state index contributed by atoms with van der Waals surface area (Å²) in [4.78, 5) is 15.6. The van der Waals surface area contributed by atoms with Crippen LogP contribution in [-0.2, 0) is 0 Å². The SMILES string of the molecule is c1ccc(-c2nc(-c3ccc4c(c3)oc3cc(-c5cccc6sc7ccccc7c56)ccc34)nc(-c3cccc4oc5ccc(-c6cccc7c8ccccc8n(-c8ccccc8)c67)cc5c34)n2)cc1. The van der Waals surface area contributed by atoms with E-state index in [0.717, 1.165) is 88.5 Å². The fraction of sp³-hybridized carbons (Fsp3) is 0. The predicted octanol–water partition coefficient (Wildman–Crippen LogP) is 17.5. The molecule has 0 saturated heterocycles. The Labute approximate surface area is 404 Å². The molecule has 0 saturated carbocycles. The summed E-state index contributed by atoms with van der Waals surface area (Å²) in [6.07, 6.45) is 0. The van der Waals surface area contributed by atoms with Crippen LogP contribution in [0.15, 0.2) is 227 Å². The molecule has 0 spiro atoms. The topological polar surface area (TPSA) is 69.9 Å². The van der Waals surface area contributed by atoms with E-state index in [2.05, 4.69) is 180 Å². The van der Waals surface area contributed by atoms with Gasteiger partial charge in [0.15, 0.2) is 17.5 Å². The number of aromatic nitrogens is 4. The zero-order valence-electron chi connectivity index (χ0n) is 37.3. The molecule has 6 nitrogen and oxygen atoms in total. The molecule has 7 heteroatoms. The first kappa shape index (κ1) is 38.9. The van der Waals surface area contributed by atoms with Crippen molar-refractivity contribution in [2.75, 3.05) is 0 Å². The van der Waals surface area contributed by atoms with Crippen LogP contribution in [0.4, 0.5) is 0 Å². The standard InChI is InChI=1S/C63H36N4O2S/c1-3-14-37(15-4-1)61-64-62(40-29-32-46-45-31-28-39(35-54(45)69-55(46)36-40)42-20-13-27-57-59(42)48-19-8-10-26-56(48)70-57)66-63(65-61)49-23-12-25-53-58(49)50-34-38(30-33-52(50)68-53)43-21-11-22-47-44-18-7-9-24-51(44)67(60(43)47)41-16-5-2-6-17-41/h1-36H. The van der Waals surface area contributed by atoms with Crippen molar-refractivity contribution in [1.82, 2.24) is 19.5 Å². The van der Waals surface area contributed by atoms with Crippen molar-refractivity contribution in [3.63, 3.8) is 0 Å². The normalized spacial score (nSPS) is 12.0. The third-order valence-corrected chi connectivity index (χ3v) is 15.0. The van der Waals surface area contributed by atoms with Gasteiger partial charge in [-0.2, -0.15) is 0 Å². The third kappa shape index (κ3) is 5.95. The lowest BCUT2D eigenvalue weighted by atomic mass is 9.98. The number of hydrogen-bond donors (Lipinski definition) is 0. The highest BCUT2D eigenvalue weighted by Gasteiger charge is 2.22. The van der Waals surface area contributed by atoms with Gasteiger partial charge in [0.05, 0.1) is 11.0 Å². The number of benzene rings is 10. The van der Waals surface area contributed by atoms with Crippen LogP contribution >= 0.6 is 11.3 Å². The Morgan fingerprint density at radius 1 is 0.329 bits per heavy atom. The van der Waals surface area contributed by atoms with Gasteiger partial charge in [-0.15, -0.1) is 11.3 Å². The van der Waals surface area contributed by atoms with E-state index in [9.17, 15) is 0 Å². The van der Waals surface area contributed by atoms with Crippen molar-refractivity contribution < 1.29 is 8.83 Å². The lowest BCUT2D eigenvalue weighted by molar-refractivity contribution is 0.668. The van der Waals surface area contributed by atoms with Gasteiger partial charge in [-0.1, -0.05) is 146 Å². The molecule has 0 unspecified atom stereocenters. The maximum absolute atomic E-state index is 6.72. The van der Waals surface area contributed by atoms with Gasteiger partial charge in [-0.05, 0) is 89.5 Å². The molecule has 0 amide bonds. The Morgan fingerprint density at radius 3 is 1.79 bits per heavy atom. The Balaban J connectivity index is 0.885. The van der Waals surface area contributed by atoms with Gasteiger partial charge in [-0.25, -0.2) is 15.0 Å². The second-order valence-corrected chi connectivity index (χ2v) is 18.9. The summed E-state index contributed by atoms with van der Waals surface area (Å²) < 4.78 is 18.3. The zero-order chi connectivity index (χ0) is 45.9. The fourth-order valence-electron chi connectivity index (χ4n) is 10.7. The zero-order valence-corrected chi connectivity index (χ0v) is 38.1. The number of rotatable bonds is 6. The molecule has 15 aromatic rings. The average molecular weight is 913 g/mol. The molecule has 5 heterocycles. The molecule has 5 aromatic heterocycles. The molecule has 70 heavy (non-hydrogen) atoms. The lowest BCUT2D eigenvalue weighted by Crippen LogP contribution is -2.00. The van der Waals surface area contributed by atoms with Crippen LogP contribution in [0.1, 0.15) is 0 Å². The molecular formula is C63H36N4O2S. The van der Waals surface area contributed by atoms with Crippen LogP contribution in [0.3, 0.4) is 0 Å². The number of furan rings is 2. The summed E-state index contributed by atoms with van der Waals surface area (Å²) in [5, 5.41) is 8.99. The van der Waals surface area contributed by atoms with E-state index >= 15 is 0 Å². The number of fused-ring (bicyclic) bond motifs is 12. The van der Waals surface area contributed by atoms with Crippen molar-refractivity contribution in [3.05, 3.63) is 218 Å². The average Bonchev–Trinajstić information content (AvgIpc) is 4.19. The second kappa shape index (κ2) is 15.2. The van der Waals surface area contributed by atoms with Crippen LogP contribution in [0, 0.1) is 0 Å². The second-order valence-electron chi connectivity index (χ2n) is 17.9. The molecule has 10 aromatic carbocycles. The van der Waals surface area contributed by atoms with Gasteiger partial charge >= 0.3 is 0 Å². The van der Waals surface area contributed by atoms with Gasteiger partial charge in [0.25, 0.3) is 0 Å². The summed E-state index contributed by atoms with van der Waals surface area (Å²) in [7, 11) is 0. The maximum Gasteiger partial charge on any atom is 0.164 e. The molecule has 0 fully saturated rings. The maximum atomic E-state index is 6.72. The minimum absolute atomic E-state index is 0.550. The van der Waals surface area contributed by atoms with E-state index < -0.39 is 0 Å². The molecule has 15 rings (SSSR count). The molecule has 0 aliphatic carbocycles. The first-order valence-corrected chi connectivity index (χ1v) is 24.2. The van der Waals surface area contributed by atoms with Gasteiger partial charge in [0.2, 0.25) is 0 Å². The third-order valence-electron chi connectivity index (χ3n) is 13.9. The van der Waals surface area contributed by atoms with Gasteiger partial charge < -0.3 is 13.4 Å². The highest BCUT2D eigenvalue weighted by molar-refractivity contribution is 7.25. The van der Waals surface area contributed by atoms with E-state index in [0.29, 0.717) is 17.5 Å². The van der Waals surface area contributed by atoms with Crippen molar-refractivity contribution in [1.29, 1.82) is 0 Å². The van der Waals surface area contributed by atoms with Crippen LogP contribution < -0.4 is 0 Å². The van der Waals surface area contributed by atoms with Gasteiger partial charge in [0, 0.05) is 80.4 Å². The molecule has 0 atom stereocenters. The van der Waals surface area contributed by atoms with Crippen molar-refractivity contribution in [2.45, 2.75) is 0 Å². The van der Waals surface area contributed by atoms with E-state index in [1.165, 1.54) is 42.0 Å². The van der Waals surface area contributed by atoms with E-state index in [1.807, 2.05) is 53.8 Å². The highest BCUT2D eigenvalue weighted by atomic mass is 32.1. The Hall–Kier alpha value is -9.17. The molecule has 0 bridgehead atoms. The first-order valence-electron chi connectivity index (χ1n) is 23.4. The molecule has 0 aliphatic heterocycles. The number of thiophene rings is 1. The molecule has 0 aliphatic rings. The van der Waals surface area contributed by atoms with Crippen molar-refractivity contribution >= 4 is 97.2 Å². The van der Waals surface area contributed by atoms with Crippen LogP contribution in [-0.4, -0.2) is 19.5 Å². The van der Waals surface area contributed by atoms with Crippen LogP contribution in [0.25, 0.3) is 148 Å². The molecule has 0 radical (unpaired) electrons. The van der Waals surface area contributed by atoms with E-state index in [4.69, 9.17) is 23.8 Å². The smallest absolute Gasteiger partial charge is 0.164 e. The Bertz CT molecular complexity index is 4600. The first-order chi connectivity index (χ1) is 34.7. The summed E-state index contributed by atoms with van der Waals surface area (Å²) >= 11 is 1.83. The van der Waals surface area contributed by atoms with Gasteiger partial charge in [-0.3, -0.25) is 0 Å². The van der Waals surface area contributed by atoms with Crippen molar-refractivity contribution in [2.24, 2.45) is 0 Å². The summed E-state index contributed by atoms with van der Waals surface area (Å²) in [6.45, 7) is 0. The molecular weight excluding hydrogens is 877 g/mol. The van der Waals surface area contributed by atoms with Crippen LogP contribution in [0.2, 0.25) is 0 Å². The number of para-hydroxylation sites is 3. The predicted molar refractivity (Wildman–Crippen MR) is 289 cm³/mol. The minimum atomic E-state index is 0.550. The Kier molecular flexibility index (Phi) is 8.43. The highest BCUT2D eigenvalue weighted by Crippen LogP contribution is 2.44. The minimum Gasteiger partial charge on any atom is -0.456 e.